The molecule has 1 aliphatic rings. The highest BCUT2D eigenvalue weighted by atomic mass is 28.3. The van der Waals surface area contributed by atoms with Crippen molar-refractivity contribution in [2.45, 2.75) is 72.1 Å². The fourth-order valence-electron chi connectivity index (χ4n) is 4.39. The highest BCUT2D eigenvalue weighted by molar-refractivity contribution is 6.76. The molecule has 0 unspecified atom stereocenters. The van der Waals surface area contributed by atoms with E-state index in [2.05, 4.69) is 36.7 Å². The van der Waals surface area contributed by atoms with Crippen LogP contribution in [0.25, 0.3) is 22.4 Å². The van der Waals surface area contributed by atoms with Crippen molar-refractivity contribution in [3.63, 3.8) is 0 Å². The first-order chi connectivity index (χ1) is 16.9. The maximum absolute atomic E-state index is 13.3. The standard InChI is InChI=1S/C28H40N4O3Si/c1-28(2,3)26(34)23-18-32(19-35-14-15-36(4,5)6)27-25(23)30-24(17-29-27)20-8-7-9-21(16-20)31-12-10-22(33)11-13-31/h7-9,16-18,22,33H,10-15,19H2,1-6H3. The van der Waals surface area contributed by atoms with Gasteiger partial charge >= 0.3 is 0 Å². The average molecular weight is 509 g/mol. The second kappa shape index (κ2) is 10.4. The number of aliphatic hydroxyl groups excluding tert-OH is 1. The molecule has 0 saturated carbocycles. The zero-order chi connectivity index (χ0) is 26.1. The predicted octanol–water partition coefficient (Wildman–Crippen LogP) is 5.60. The lowest BCUT2D eigenvalue weighted by Gasteiger charge is -2.31. The molecule has 1 N–H and O–H groups in total. The Kier molecular flexibility index (Phi) is 7.69. The molecule has 0 bridgehead atoms. The molecule has 8 heteroatoms. The van der Waals surface area contributed by atoms with E-state index in [1.807, 2.05) is 43.7 Å². The number of benzene rings is 1. The first-order valence-corrected chi connectivity index (χ1v) is 16.6. The Morgan fingerprint density at radius 1 is 1.19 bits per heavy atom. The molecule has 1 saturated heterocycles. The topological polar surface area (TPSA) is 80.5 Å². The van der Waals surface area contributed by atoms with Crippen molar-refractivity contribution in [3.05, 3.63) is 42.2 Å². The summed E-state index contributed by atoms with van der Waals surface area (Å²) in [4.78, 5) is 25.4. The summed E-state index contributed by atoms with van der Waals surface area (Å²) in [7, 11) is -1.18. The van der Waals surface area contributed by atoms with Gasteiger partial charge in [0.2, 0.25) is 0 Å². The molecule has 194 valence electrons. The average Bonchev–Trinajstić information content (AvgIpc) is 3.18. The maximum Gasteiger partial charge on any atom is 0.171 e. The molecule has 1 aromatic carbocycles. The molecule has 0 amide bonds. The van der Waals surface area contributed by atoms with Gasteiger partial charge in [0.05, 0.1) is 23.6 Å². The minimum atomic E-state index is -1.18. The fraction of sp³-hybridized carbons (Fsp3) is 0.536. The minimum Gasteiger partial charge on any atom is -0.393 e. The molecular formula is C28H40N4O3Si. The number of rotatable bonds is 8. The summed E-state index contributed by atoms with van der Waals surface area (Å²) < 4.78 is 7.89. The van der Waals surface area contributed by atoms with E-state index in [0.29, 0.717) is 30.1 Å². The van der Waals surface area contributed by atoms with E-state index in [-0.39, 0.29) is 11.9 Å². The van der Waals surface area contributed by atoms with Crippen LogP contribution >= 0.6 is 0 Å². The molecule has 2 aromatic heterocycles. The quantitative estimate of drug-likeness (QED) is 0.242. The van der Waals surface area contributed by atoms with E-state index in [0.717, 1.165) is 48.9 Å². The Morgan fingerprint density at radius 2 is 1.92 bits per heavy atom. The van der Waals surface area contributed by atoms with Gasteiger partial charge in [-0.2, -0.15) is 0 Å². The van der Waals surface area contributed by atoms with Gasteiger partial charge in [0, 0.05) is 50.6 Å². The Bertz CT molecular complexity index is 1220. The van der Waals surface area contributed by atoms with E-state index in [1.54, 1.807) is 6.20 Å². The number of fused-ring (bicyclic) bond motifs is 1. The van der Waals surface area contributed by atoms with Crippen LogP contribution in [0.4, 0.5) is 5.69 Å². The molecule has 1 aliphatic heterocycles. The predicted molar refractivity (Wildman–Crippen MR) is 148 cm³/mol. The highest BCUT2D eigenvalue weighted by Crippen LogP contribution is 2.30. The van der Waals surface area contributed by atoms with Crippen LogP contribution < -0.4 is 4.90 Å². The Balaban J connectivity index is 1.66. The van der Waals surface area contributed by atoms with E-state index >= 15 is 0 Å². The number of Topliss-reactive ketones (excluding diaryl/α,β-unsaturated/α-hetero) is 1. The lowest BCUT2D eigenvalue weighted by atomic mass is 9.87. The first kappa shape index (κ1) is 26.5. The van der Waals surface area contributed by atoms with Crippen LogP contribution in [0, 0.1) is 5.41 Å². The van der Waals surface area contributed by atoms with Gasteiger partial charge in [-0.25, -0.2) is 9.97 Å². The second-order valence-corrected chi connectivity index (χ2v) is 17.8. The summed E-state index contributed by atoms with van der Waals surface area (Å²) in [6.07, 6.45) is 4.99. The molecule has 3 heterocycles. The van der Waals surface area contributed by atoms with Gasteiger partial charge in [-0.05, 0) is 31.0 Å². The van der Waals surface area contributed by atoms with Gasteiger partial charge in [0.15, 0.2) is 11.4 Å². The molecule has 3 aromatic rings. The van der Waals surface area contributed by atoms with Crippen LogP contribution in [0.5, 0.6) is 0 Å². The van der Waals surface area contributed by atoms with Crippen molar-refractivity contribution in [2.75, 3.05) is 24.6 Å². The van der Waals surface area contributed by atoms with Gasteiger partial charge < -0.3 is 19.3 Å². The summed E-state index contributed by atoms with van der Waals surface area (Å²) in [5.41, 5.74) is 4.15. The maximum atomic E-state index is 13.3. The number of anilines is 1. The number of piperidine rings is 1. The Hall–Kier alpha value is -2.55. The largest absolute Gasteiger partial charge is 0.393 e. The van der Waals surface area contributed by atoms with Crippen molar-refractivity contribution in [2.24, 2.45) is 5.41 Å². The Labute approximate surface area is 215 Å². The summed E-state index contributed by atoms with van der Waals surface area (Å²) in [6.45, 7) is 15.5. The number of carbonyl (C=O) groups excluding carboxylic acids is 1. The van der Waals surface area contributed by atoms with Crippen molar-refractivity contribution in [3.8, 4) is 11.3 Å². The lowest BCUT2D eigenvalue weighted by molar-refractivity contribution is 0.0849. The number of hydrogen-bond donors (Lipinski definition) is 1. The second-order valence-electron chi connectivity index (χ2n) is 12.1. The highest BCUT2D eigenvalue weighted by Gasteiger charge is 2.28. The van der Waals surface area contributed by atoms with Crippen LogP contribution in [0.1, 0.15) is 44.0 Å². The van der Waals surface area contributed by atoms with Gasteiger partial charge in [-0.15, -0.1) is 0 Å². The molecule has 36 heavy (non-hydrogen) atoms. The van der Waals surface area contributed by atoms with E-state index < -0.39 is 13.5 Å². The summed E-state index contributed by atoms with van der Waals surface area (Å²) in [5, 5.41) is 9.86. The first-order valence-electron chi connectivity index (χ1n) is 12.9. The van der Waals surface area contributed by atoms with Crippen LogP contribution in [0.3, 0.4) is 0 Å². The number of nitrogens with zero attached hydrogens (tertiary/aromatic N) is 4. The third-order valence-electron chi connectivity index (χ3n) is 6.69. The number of ether oxygens (including phenoxy) is 1. The number of ketones is 1. The molecular weight excluding hydrogens is 468 g/mol. The third-order valence-corrected chi connectivity index (χ3v) is 8.39. The molecule has 7 nitrogen and oxygen atoms in total. The van der Waals surface area contributed by atoms with E-state index in [1.165, 1.54) is 0 Å². The van der Waals surface area contributed by atoms with Crippen molar-refractivity contribution < 1.29 is 14.6 Å². The molecule has 4 rings (SSSR count). The fourth-order valence-corrected chi connectivity index (χ4v) is 5.14. The number of carbonyl (C=O) groups is 1. The molecule has 0 radical (unpaired) electrons. The van der Waals surface area contributed by atoms with Crippen LogP contribution in [-0.4, -0.2) is 59.3 Å². The minimum absolute atomic E-state index is 0.0421. The lowest BCUT2D eigenvalue weighted by Crippen LogP contribution is -2.35. The molecule has 0 atom stereocenters. The van der Waals surface area contributed by atoms with Gasteiger partial charge in [0.25, 0.3) is 0 Å². The molecule has 1 fully saturated rings. The third kappa shape index (κ3) is 6.22. The Morgan fingerprint density at radius 3 is 2.58 bits per heavy atom. The summed E-state index contributed by atoms with van der Waals surface area (Å²) >= 11 is 0. The van der Waals surface area contributed by atoms with Crippen molar-refractivity contribution in [1.29, 1.82) is 0 Å². The van der Waals surface area contributed by atoms with Crippen molar-refractivity contribution in [1.82, 2.24) is 14.5 Å². The van der Waals surface area contributed by atoms with E-state index in [4.69, 9.17) is 14.7 Å². The number of hydrogen-bond acceptors (Lipinski definition) is 6. The molecule has 0 aliphatic carbocycles. The van der Waals surface area contributed by atoms with Crippen molar-refractivity contribution >= 4 is 30.7 Å². The van der Waals surface area contributed by atoms with Gasteiger partial charge in [-0.3, -0.25) is 4.79 Å². The zero-order valence-electron chi connectivity index (χ0n) is 22.5. The smallest absolute Gasteiger partial charge is 0.171 e. The van der Waals surface area contributed by atoms with Crippen LogP contribution in [0.15, 0.2) is 36.7 Å². The van der Waals surface area contributed by atoms with E-state index in [9.17, 15) is 9.90 Å². The SMILES string of the molecule is CC(C)(C)C(=O)c1cn(COCC[Si](C)(C)C)c2ncc(-c3cccc(N4CCC(O)CC4)c3)nc12. The number of aliphatic hydroxyl groups is 1. The zero-order valence-corrected chi connectivity index (χ0v) is 23.5. The number of aromatic nitrogens is 3. The monoisotopic (exact) mass is 508 g/mol. The van der Waals surface area contributed by atoms with Gasteiger partial charge in [0.1, 0.15) is 12.2 Å². The molecule has 0 spiro atoms. The summed E-state index contributed by atoms with van der Waals surface area (Å²) in [6, 6.07) is 9.35. The van der Waals surface area contributed by atoms with Gasteiger partial charge in [-0.1, -0.05) is 52.5 Å². The summed E-state index contributed by atoms with van der Waals surface area (Å²) in [5.74, 6) is 0.0421. The van der Waals surface area contributed by atoms with Crippen LogP contribution in [0.2, 0.25) is 25.7 Å². The van der Waals surface area contributed by atoms with Crippen LogP contribution in [-0.2, 0) is 11.5 Å². The normalized spacial score (nSPS) is 15.6.